The Morgan fingerprint density at radius 1 is 0.886 bits per heavy atom. The average molecular weight is 643 g/mol. The number of anilines is 1. The van der Waals surface area contributed by atoms with Crippen LogP contribution in [-0.4, -0.2) is 47.1 Å². The normalized spacial score (nSPS) is 12.4. The van der Waals surface area contributed by atoms with Gasteiger partial charge in [-0.3, -0.25) is 9.59 Å². The van der Waals surface area contributed by atoms with Gasteiger partial charge in [0.2, 0.25) is 0 Å². The summed E-state index contributed by atoms with van der Waals surface area (Å²) in [6.45, 7) is 7.81. The number of rotatable bonds is 6. The van der Waals surface area contributed by atoms with Crippen LogP contribution in [-0.2, 0) is 18.9 Å². The summed E-state index contributed by atoms with van der Waals surface area (Å²) in [7, 11) is 0. The molecule has 3 aromatic heterocycles. The van der Waals surface area contributed by atoms with Gasteiger partial charge in [-0.25, -0.2) is 9.67 Å². The highest BCUT2D eigenvalue weighted by atomic mass is 35.5. The van der Waals surface area contributed by atoms with Crippen LogP contribution in [0.5, 0.6) is 0 Å². The molecule has 1 aromatic carbocycles. The van der Waals surface area contributed by atoms with Crippen LogP contribution in [0.25, 0.3) is 5.82 Å². The van der Waals surface area contributed by atoms with Crippen molar-refractivity contribution in [3.8, 4) is 5.82 Å². The second-order valence-corrected chi connectivity index (χ2v) is 11.2. The van der Waals surface area contributed by atoms with Crippen LogP contribution in [0.1, 0.15) is 69.8 Å². The summed E-state index contributed by atoms with van der Waals surface area (Å²) in [5.74, 6) is -1.19. The number of nitrogens with zero attached hydrogens (tertiary/aromatic N) is 6. The van der Waals surface area contributed by atoms with Crippen LogP contribution in [0.2, 0.25) is 5.02 Å². The molecule has 2 N–H and O–H groups in total. The second-order valence-electron chi connectivity index (χ2n) is 10.8. The Morgan fingerprint density at radius 3 is 2.05 bits per heavy atom. The van der Waals surface area contributed by atoms with E-state index in [1.807, 2.05) is 0 Å². The molecule has 0 aliphatic carbocycles. The maximum Gasteiger partial charge on any atom is 0.437 e. The number of carbonyl (C=O) groups is 2. The molecule has 44 heavy (non-hydrogen) atoms. The van der Waals surface area contributed by atoms with Crippen LogP contribution >= 0.6 is 11.6 Å². The Bertz CT molecular complexity index is 1710. The fourth-order valence-electron chi connectivity index (χ4n) is 4.15. The Labute approximate surface area is 251 Å². The van der Waals surface area contributed by atoms with Gasteiger partial charge in [-0.15, -0.1) is 10.2 Å². The first-order valence-electron chi connectivity index (χ1n) is 12.8. The molecule has 0 radical (unpaired) electrons. The first-order chi connectivity index (χ1) is 20.2. The molecule has 0 atom stereocenters. The van der Waals surface area contributed by atoms with Crippen molar-refractivity contribution < 1.29 is 35.9 Å². The molecule has 3 heterocycles. The highest BCUT2D eigenvalue weighted by Gasteiger charge is 2.48. The Morgan fingerprint density at radius 2 is 1.50 bits per heavy atom. The van der Waals surface area contributed by atoms with Crippen molar-refractivity contribution in [3.05, 3.63) is 81.0 Å². The molecule has 2 amide bonds. The molecule has 0 aliphatic rings. The molecule has 4 rings (SSSR count). The van der Waals surface area contributed by atoms with E-state index < -0.39 is 47.6 Å². The number of amides is 2. The van der Waals surface area contributed by atoms with Crippen LogP contribution in [0, 0.1) is 13.8 Å². The van der Waals surface area contributed by atoms with E-state index in [9.17, 15) is 35.9 Å². The monoisotopic (exact) mass is 642 g/mol. The molecular formula is C27H25ClF6N8O2. The van der Waals surface area contributed by atoms with E-state index in [-0.39, 0.29) is 38.3 Å². The van der Waals surface area contributed by atoms with Gasteiger partial charge in [0, 0.05) is 16.8 Å². The quantitative estimate of drug-likeness (QED) is 0.249. The lowest BCUT2D eigenvalue weighted by Gasteiger charge is -2.22. The molecule has 0 bridgehead atoms. The molecule has 0 fully saturated rings. The summed E-state index contributed by atoms with van der Waals surface area (Å²) in [6.07, 6.45) is -9.44. The summed E-state index contributed by atoms with van der Waals surface area (Å²) in [6, 6.07) is 7.32. The predicted molar refractivity (Wildman–Crippen MR) is 147 cm³/mol. The minimum absolute atomic E-state index is 0.0543. The zero-order valence-electron chi connectivity index (χ0n) is 23.8. The van der Waals surface area contributed by atoms with Crippen molar-refractivity contribution in [3.63, 3.8) is 0 Å². The van der Waals surface area contributed by atoms with Crippen molar-refractivity contribution in [2.24, 2.45) is 0 Å². The van der Waals surface area contributed by atoms with Crippen LogP contribution in [0.3, 0.4) is 0 Å². The van der Waals surface area contributed by atoms with E-state index in [1.165, 1.54) is 18.3 Å². The summed E-state index contributed by atoms with van der Waals surface area (Å²) in [4.78, 5) is 31.2. The van der Waals surface area contributed by atoms with Crippen LogP contribution in [0.4, 0.5) is 32.0 Å². The third-order valence-electron chi connectivity index (χ3n) is 5.94. The maximum absolute atomic E-state index is 13.7. The minimum Gasteiger partial charge on any atom is -0.347 e. The van der Waals surface area contributed by atoms with E-state index in [0.717, 1.165) is 10.7 Å². The van der Waals surface area contributed by atoms with Gasteiger partial charge in [0.15, 0.2) is 17.2 Å². The molecule has 0 aliphatic heterocycles. The third kappa shape index (κ3) is 7.18. The van der Waals surface area contributed by atoms with Crippen molar-refractivity contribution in [1.29, 1.82) is 0 Å². The van der Waals surface area contributed by atoms with Crippen LogP contribution < -0.4 is 10.6 Å². The van der Waals surface area contributed by atoms with Crippen LogP contribution in [0.15, 0.2) is 36.5 Å². The largest absolute Gasteiger partial charge is 0.437 e. The Hall–Kier alpha value is -4.47. The zero-order chi connectivity index (χ0) is 32.8. The number of alkyl halides is 6. The number of hydrogen-bond acceptors (Lipinski definition) is 6. The number of pyridine rings is 1. The number of hydrogen-bond donors (Lipinski definition) is 2. The zero-order valence-corrected chi connectivity index (χ0v) is 24.6. The molecule has 0 saturated heterocycles. The smallest absolute Gasteiger partial charge is 0.347 e. The lowest BCUT2D eigenvalue weighted by atomic mass is 10.0. The first kappa shape index (κ1) is 32.4. The topological polar surface area (TPSA) is 120 Å². The van der Waals surface area contributed by atoms with Gasteiger partial charge in [0.25, 0.3) is 11.8 Å². The van der Waals surface area contributed by atoms with Gasteiger partial charge < -0.3 is 10.6 Å². The summed E-state index contributed by atoms with van der Waals surface area (Å²) in [5.41, 5.74) is -4.24. The summed E-state index contributed by atoms with van der Waals surface area (Å²) >= 11 is 6.19. The van der Waals surface area contributed by atoms with Gasteiger partial charge in [-0.1, -0.05) is 17.7 Å². The highest BCUT2D eigenvalue weighted by Crippen LogP contribution is 2.38. The maximum atomic E-state index is 13.7. The number of carbonyl (C=O) groups excluding carboxylic acids is 2. The summed E-state index contributed by atoms with van der Waals surface area (Å²) < 4.78 is 80.8. The molecule has 17 heteroatoms. The minimum atomic E-state index is -5.42. The van der Waals surface area contributed by atoms with Gasteiger partial charge >= 0.3 is 12.4 Å². The van der Waals surface area contributed by atoms with E-state index in [2.05, 4.69) is 30.9 Å². The SMILES string of the molecule is Cc1cccnc1-n1nc(Cn2nc(C(F)(F)F)c(C(F)(F)F)n2)cc1C(=O)Nc1c(C)cc(Cl)cc1C(=O)NC(C)(C)C. The average Bonchev–Trinajstić information content (AvgIpc) is 3.50. The second kappa shape index (κ2) is 11.6. The molecular weight excluding hydrogens is 618 g/mol. The first-order valence-corrected chi connectivity index (χ1v) is 13.2. The van der Waals surface area contributed by atoms with E-state index in [4.69, 9.17) is 11.6 Å². The predicted octanol–water partition coefficient (Wildman–Crippen LogP) is 6.00. The fourth-order valence-corrected chi connectivity index (χ4v) is 4.42. The molecule has 0 unspecified atom stereocenters. The number of aryl methyl sites for hydroxylation is 2. The van der Waals surface area contributed by atoms with E-state index in [1.54, 1.807) is 46.8 Å². The molecule has 10 nitrogen and oxygen atoms in total. The highest BCUT2D eigenvalue weighted by molar-refractivity contribution is 6.31. The molecule has 0 spiro atoms. The number of nitrogens with one attached hydrogen (secondary N) is 2. The summed E-state index contributed by atoms with van der Waals surface area (Å²) in [5, 5.41) is 15.9. The lowest BCUT2D eigenvalue weighted by molar-refractivity contribution is -0.165. The number of halogens is 7. The molecule has 0 saturated carbocycles. The van der Waals surface area contributed by atoms with Crippen molar-refractivity contribution in [1.82, 2.24) is 35.1 Å². The van der Waals surface area contributed by atoms with E-state index in [0.29, 0.717) is 11.1 Å². The van der Waals surface area contributed by atoms with Crippen molar-refractivity contribution in [2.75, 3.05) is 5.32 Å². The number of aromatic nitrogens is 6. The van der Waals surface area contributed by atoms with Gasteiger partial charge in [-0.2, -0.15) is 36.2 Å². The standard InChI is InChI=1S/C27H25ClF6N8O2/c1-13-7-6-8-35-22(13)42-18(11-16(38-42)12-41-39-20(26(29,30)31)21(40-41)27(32,33)34)24(44)36-19-14(2)9-15(28)10-17(19)23(43)37-25(3,4)5/h6-11H,12H2,1-5H3,(H,36,44)(H,37,43). The molecule has 234 valence electrons. The Kier molecular flexibility index (Phi) is 8.52. The fraction of sp³-hybridized carbons (Fsp3) is 0.333. The van der Waals surface area contributed by atoms with Gasteiger partial charge in [0.05, 0.1) is 16.9 Å². The van der Waals surface area contributed by atoms with Crippen molar-refractivity contribution >= 4 is 29.1 Å². The van der Waals surface area contributed by atoms with Gasteiger partial charge in [0.1, 0.15) is 12.2 Å². The number of benzene rings is 1. The van der Waals surface area contributed by atoms with Gasteiger partial charge in [-0.05, 0) is 70.0 Å². The van der Waals surface area contributed by atoms with Crippen molar-refractivity contribution in [2.45, 2.75) is 59.1 Å². The lowest BCUT2D eigenvalue weighted by Crippen LogP contribution is -2.41. The molecule has 4 aromatic rings. The third-order valence-corrected chi connectivity index (χ3v) is 6.16. The Balaban J connectivity index is 1.78. The van der Waals surface area contributed by atoms with E-state index >= 15 is 0 Å².